The average Bonchev–Trinajstić information content (AvgIpc) is 2.83. The number of nitrogens with one attached hydrogen (secondary N) is 1. The first kappa shape index (κ1) is 31.0. The monoisotopic (exact) mass is 591 g/mol. The number of hydrogen-bond donors (Lipinski definition) is 1. The molecule has 0 radical (unpaired) electrons. The molecule has 1 atom stereocenters. The molecule has 0 bridgehead atoms. The van der Waals surface area contributed by atoms with Gasteiger partial charge in [-0.15, -0.1) is 0 Å². The quantitative estimate of drug-likeness (QED) is 0.325. The molecule has 2 aromatic carbocycles. The van der Waals surface area contributed by atoms with Crippen LogP contribution in [0.25, 0.3) is 0 Å². The molecule has 12 heteroatoms. The molecular weight excluding hydrogens is 561 g/mol. The summed E-state index contributed by atoms with van der Waals surface area (Å²) in [7, 11) is -2.47. The number of amides is 2. The van der Waals surface area contributed by atoms with E-state index >= 15 is 0 Å². The molecule has 1 N–H and O–H groups in total. The Kier molecular flexibility index (Phi) is 11.8. The van der Waals surface area contributed by atoms with E-state index in [0.29, 0.717) is 34.3 Å². The summed E-state index contributed by atoms with van der Waals surface area (Å²) >= 11 is 19.0. The van der Waals surface area contributed by atoms with Gasteiger partial charge >= 0.3 is 0 Å². The average molecular weight is 593 g/mol. The van der Waals surface area contributed by atoms with E-state index in [2.05, 4.69) is 5.32 Å². The Morgan fingerprint density at radius 1 is 1.05 bits per heavy atom. The van der Waals surface area contributed by atoms with E-state index < -0.39 is 28.5 Å². The summed E-state index contributed by atoms with van der Waals surface area (Å²) in [5.74, 6) is -0.591. The van der Waals surface area contributed by atoms with Crippen LogP contribution in [0.1, 0.15) is 38.7 Å². The molecule has 0 saturated heterocycles. The molecule has 0 aliphatic carbocycles. The Balaban J connectivity index is 2.49. The molecule has 0 aliphatic heterocycles. The molecule has 2 aromatic rings. The van der Waals surface area contributed by atoms with Crippen LogP contribution in [0.2, 0.25) is 15.1 Å². The van der Waals surface area contributed by atoms with Gasteiger partial charge in [0.2, 0.25) is 21.8 Å². The number of ether oxygens (including phenoxy) is 1. The van der Waals surface area contributed by atoms with Gasteiger partial charge in [0.15, 0.2) is 0 Å². The van der Waals surface area contributed by atoms with Crippen LogP contribution in [0.4, 0.5) is 5.69 Å². The van der Waals surface area contributed by atoms with Gasteiger partial charge in [0.25, 0.3) is 0 Å². The van der Waals surface area contributed by atoms with Crippen LogP contribution >= 0.6 is 34.8 Å². The zero-order valence-corrected chi connectivity index (χ0v) is 24.3. The van der Waals surface area contributed by atoms with Crippen LogP contribution in [0.15, 0.2) is 36.4 Å². The highest BCUT2D eigenvalue weighted by Gasteiger charge is 2.32. The first-order valence-electron chi connectivity index (χ1n) is 11.8. The number of carbonyl (C=O) groups is 2. The summed E-state index contributed by atoms with van der Waals surface area (Å²) < 4.78 is 31.5. The van der Waals surface area contributed by atoms with Gasteiger partial charge in [0.1, 0.15) is 18.3 Å². The number of halogens is 3. The predicted octanol–water partition coefficient (Wildman–Crippen LogP) is 5.15. The fourth-order valence-corrected chi connectivity index (χ4v) is 5.31. The van der Waals surface area contributed by atoms with Gasteiger partial charge < -0.3 is 15.0 Å². The third-order valence-electron chi connectivity index (χ3n) is 5.71. The molecule has 37 heavy (non-hydrogen) atoms. The zero-order valence-electron chi connectivity index (χ0n) is 21.3. The van der Waals surface area contributed by atoms with E-state index in [1.54, 1.807) is 25.1 Å². The predicted molar refractivity (Wildman–Crippen MR) is 149 cm³/mol. The van der Waals surface area contributed by atoms with E-state index in [1.807, 2.05) is 6.92 Å². The van der Waals surface area contributed by atoms with E-state index in [0.717, 1.165) is 23.4 Å². The lowest BCUT2D eigenvalue weighted by atomic mass is 10.1. The van der Waals surface area contributed by atoms with Crippen LogP contribution in [0.5, 0.6) is 5.75 Å². The van der Waals surface area contributed by atoms with Gasteiger partial charge in [-0.2, -0.15) is 0 Å². The Labute approximate surface area is 233 Å². The summed E-state index contributed by atoms with van der Waals surface area (Å²) in [6, 6.07) is 8.47. The van der Waals surface area contributed by atoms with Crippen molar-refractivity contribution in [2.45, 2.75) is 45.7 Å². The minimum Gasteiger partial charge on any atom is -0.495 e. The second-order valence-corrected chi connectivity index (χ2v) is 11.5. The van der Waals surface area contributed by atoms with E-state index in [9.17, 15) is 18.0 Å². The molecule has 0 aliphatic rings. The van der Waals surface area contributed by atoms with Crippen molar-refractivity contribution in [2.75, 3.05) is 30.8 Å². The van der Waals surface area contributed by atoms with Gasteiger partial charge in [0.05, 0.1) is 24.1 Å². The van der Waals surface area contributed by atoms with E-state index in [-0.39, 0.29) is 23.2 Å². The number of methoxy groups -OCH3 is 1. The molecule has 0 aromatic heterocycles. The highest BCUT2D eigenvalue weighted by atomic mass is 35.5. The number of carbonyl (C=O) groups excluding carboxylic acids is 2. The lowest BCUT2D eigenvalue weighted by Crippen LogP contribution is -2.52. The lowest BCUT2D eigenvalue weighted by molar-refractivity contribution is -0.140. The Hall–Kier alpha value is -2.20. The van der Waals surface area contributed by atoms with Crippen molar-refractivity contribution in [1.29, 1.82) is 0 Å². The van der Waals surface area contributed by atoms with Crippen LogP contribution in [-0.4, -0.2) is 57.6 Å². The second kappa shape index (κ2) is 14.1. The number of unbranched alkanes of at least 4 members (excludes halogenated alkanes) is 1. The first-order valence-corrected chi connectivity index (χ1v) is 14.7. The molecule has 0 heterocycles. The van der Waals surface area contributed by atoms with Crippen molar-refractivity contribution in [2.24, 2.45) is 0 Å². The molecule has 0 fully saturated rings. The molecule has 8 nitrogen and oxygen atoms in total. The lowest BCUT2D eigenvalue weighted by Gasteiger charge is -2.33. The van der Waals surface area contributed by atoms with Crippen LogP contribution in [-0.2, 0) is 26.2 Å². The maximum Gasteiger partial charge on any atom is 0.244 e. The smallest absolute Gasteiger partial charge is 0.244 e. The molecular formula is C25H32Cl3N3O5S. The van der Waals surface area contributed by atoms with Crippen LogP contribution in [0, 0.1) is 0 Å². The SMILES string of the molecule is CCCCNC(=O)[C@H](CC)N(Cc1c(Cl)cccc1Cl)C(=O)CN(c1ccc(OC)c(Cl)c1)S(C)(=O)=O. The Morgan fingerprint density at radius 2 is 1.70 bits per heavy atom. The summed E-state index contributed by atoms with van der Waals surface area (Å²) in [4.78, 5) is 28.1. The fourth-order valence-electron chi connectivity index (χ4n) is 3.70. The molecule has 0 unspecified atom stereocenters. The van der Waals surface area contributed by atoms with E-state index in [4.69, 9.17) is 39.5 Å². The minimum absolute atomic E-state index is 0.0853. The van der Waals surface area contributed by atoms with Gasteiger partial charge in [-0.1, -0.05) is 61.1 Å². The van der Waals surface area contributed by atoms with Crippen molar-refractivity contribution in [1.82, 2.24) is 10.2 Å². The van der Waals surface area contributed by atoms with Crippen LogP contribution < -0.4 is 14.4 Å². The number of sulfonamides is 1. The number of anilines is 1. The third-order valence-corrected chi connectivity index (χ3v) is 7.85. The first-order chi connectivity index (χ1) is 17.4. The van der Waals surface area contributed by atoms with Gasteiger partial charge in [0, 0.05) is 28.7 Å². The third kappa shape index (κ3) is 8.40. The highest BCUT2D eigenvalue weighted by molar-refractivity contribution is 7.92. The molecule has 2 rings (SSSR count). The van der Waals surface area contributed by atoms with Crippen molar-refractivity contribution in [3.63, 3.8) is 0 Å². The standard InChI is InChI=1S/C25H32Cl3N3O5S/c1-5-7-13-29-25(33)22(6-2)30(15-18-19(26)9-8-10-20(18)27)24(32)16-31(37(4,34)35)17-11-12-23(36-3)21(28)14-17/h8-12,14,22H,5-7,13,15-16H2,1-4H3,(H,29,33)/t22-/m0/s1. The fraction of sp³-hybridized carbons (Fsp3) is 0.440. The van der Waals surface area contributed by atoms with Gasteiger partial charge in [-0.05, 0) is 43.2 Å². The molecule has 0 spiro atoms. The van der Waals surface area contributed by atoms with Crippen molar-refractivity contribution >= 4 is 62.3 Å². The Bertz CT molecular complexity index is 1190. The van der Waals surface area contributed by atoms with Crippen molar-refractivity contribution in [3.05, 3.63) is 57.0 Å². The van der Waals surface area contributed by atoms with Gasteiger partial charge in [-0.3, -0.25) is 13.9 Å². The van der Waals surface area contributed by atoms with Crippen LogP contribution in [0.3, 0.4) is 0 Å². The minimum atomic E-state index is -3.91. The second-order valence-electron chi connectivity index (χ2n) is 8.38. The zero-order chi connectivity index (χ0) is 27.8. The maximum absolute atomic E-state index is 13.7. The van der Waals surface area contributed by atoms with Crippen molar-refractivity contribution < 1.29 is 22.7 Å². The Morgan fingerprint density at radius 3 is 2.22 bits per heavy atom. The summed E-state index contributed by atoms with van der Waals surface area (Å²) in [5.41, 5.74) is 0.634. The molecule has 204 valence electrons. The highest BCUT2D eigenvalue weighted by Crippen LogP contribution is 2.31. The molecule has 2 amide bonds. The summed E-state index contributed by atoms with van der Waals surface area (Å²) in [6.45, 7) is 3.58. The number of rotatable bonds is 13. The molecule has 0 saturated carbocycles. The number of benzene rings is 2. The number of hydrogen-bond acceptors (Lipinski definition) is 5. The topological polar surface area (TPSA) is 96.0 Å². The van der Waals surface area contributed by atoms with Gasteiger partial charge in [-0.25, -0.2) is 8.42 Å². The normalized spacial score (nSPS) is 12.1. The summed E-state index contributed by atoms with van der Waals surface area (Å²) in [6.07, 6.45) is 2.96. The maximum atomic E-state index is 13.7. The summed E-state index contributed by atoms with van der Waals surface area (Å²) in [5, 5.41) is 3.70. The number of nitrogens with zero attached hydrogens (tertiary/aromatic N) is 2. The van der Waals surface area contributed by atoms with Crippen molar-refractivity contribution in [3.8, 4) is 5.75 Å². The largest absolute Gasteiger partial charge is 0.495 e. The van der Waals surface area contributed by atoms with E-state index in [1.165, 1.54) is 30.2 Å².